The number of carbonyl (C=O) groups excluding carboxylic acids is 1. The lowest BCUT2D eigenvalue weighted by Crippen LogP contribution is -2.24. The Morgan fingerprint density at radius 3 is 2.33 bits per heavy atom. The van der Waals surface area contributed by atoms with Gasteiger partial charge in [0.05, 0.1) is 29.2 Å². The van der Waals surface area contributed by atoms with Crippen LogP contribution in [0.4, 0.5) is 30.2 Å². The predicted molar refractivity (Wildman–Crippen MR) is 122 cm³/mol. The monoisotopic (exact) mass is 455 g/mol. The van der Waals surface area contributed by atoms with E-state index >= 15 is 0 Å². The van der Waals surface area contributed by atoms with Gasteiger partial charge >= 0.3 is 6.18 Å². The van der Waals surface area contributed by atoms with Crippen molar-refractivity contribution in [2.24, 2.45) is 0 Å². The molecule has 33 heavy (non-hydrogen) atoms. The normalized spacial score (nSPS) is 14.6. The molecule has 1 aromatic heterocycles. The van der Waals surface area contributed by atoms with Crippen molar-refractivity contribution >= 4 is 23.0 Å². The highest BCUT2D eigenvalue weighted by molar-refractivity contribution is 6.08. The molecule has 0 atom stereocenters. The summed E-state index contributed by atoms with van der Waals surface area (Å²) in [6.45, 7) is 1.88. The van der Waals surface area contributed by atoms with E-state index in [-0.39, 0.29) is 11.4 Å². The molecule has 0 unspecified atom stereocenters. The Hall–Kier alpha value is -3.62. The molecule has 9 heteroatoms. The molecule has 2 heterocycles. The van der Waals surface area contributed by atoms with E-state index in [0.29, 0.717) is 16.9 Å². The molecule has 6 nitrogen and oxygen atoms in total. The van der Waals surface area contributed by atoms with Crippen molar-refractivity contribution in [3.8, 4) is 11.4 Å². The van der Waals surface area contributed by atoms with Crippen LogP contribution in [0.25, 0.3) is 11.4 Å². The molecule has 4 rings (SSSR count). The van der Waals surface area contributed by atoms with Crippen molar-refractivity contribution in [3.63, 3.8) is 0 Å². The van der Waals surface area contributed by atoms with Crippen LogP contribution in [0.2, 0.25) is 0 Å². The molecule has 0 spiro atoms. The Bertz CT molecular complexity index is 1120. The lowest BCUT2D eigenvalue weighted by Gasteiger charge is -2.23. The maximum Gasteiger partial charge on any atom is 0.416 e. The van der Waals surface area contributed by atoms with Crippen molar-refractivity contribution in [2.45, 2.75) is 31.9 Å². The number of nitrogens with two attached hydrogens (primary N) is 1. The van der Waals surface area contributed by atoms with Gasteiger partial charge in [0, 0.05) is 30.0 Å². The van der Waals surface area contributed by atoms with Crippen molar-refractivity contribution in [3.05, 3.63) is 66.0 Å². The van der Waals surface area contributed by atoms with Crippen molar-refractivity contribution < 1.29 is 18.0 Å². The van der Waals surface area contributed by atoms with Crippen LogP contribution < -0.4 is 16.0 Å². The van der Waals surface area contributed by atoms with Crippen molar-refractivity contribution in [2.75, 3.05) is 29.0 Å². The van der Waals surface area contributed by atoms with Crippen LogP contribution in [0.15, 0.2) is 54.9 Å². The SMILES string of the molecule is Nc1ccc(N2CCCCCC2)cc1C(=O)Nc1cnc(-c2cccc(C(F)(F)F)c2)nc1. The number of nitrogen functional groups attached to an aromatic ring is 1. The first-order valence-corrected chi connectivity index (χ1v) is 10.8. The number of anilines is 3. The van der Waals surface area contributed by atoms with E-state index < -0.39 is 17.6 Å². The number of halogens is 3. The standard InChI is InChI=1S/C24H24F3N5O/c25-24(26,27)17-7-5-6-16(12-17)22-29-14-18(15-30-22)31-23(33)20-13-19(8-9-21(20)28)32-10-3-1-2-4-11-32/h5-9,12-15H,1-4,10-11,28H2,(H,31,33). The number of aromatic nitrogens is 2. The number of nitrogens with one attached hydrogen (secondary N) is 1. The summed E-state index contributed by atoms with van der Waals surface area (Å²) in [4.78, 5) is 23.3. The lowest BCUT2D eigenvalue weighted by atomic mass is 10.1. The molecule has 0 saturated carbocycles. The first-order valence-electron chi connectivity index (χ1n) is 10.8. The Morgan fingerprint density at radius 1 is 0.970 bits per heavy atom. The topological polar surface area (TPSA) is 84.1 Å². The van der Waals surface area contributed by atoms with E-state index in [0.717, 1.165) is 43.8 Å². The second kappa shape index (κ2) is 9.48. The average molecular weight is 455 g/mol. The Balaban J connectivity index is 1.50. The minimum Gasteiger partial charge on any atom is -0.398 e. The quantitative estimate of drug-likeness (QED) is 0.516. The first kappa shape index (κ1) is 22.6. The number of amides is 1. The molecule has 1 aliphatic rings. The number of alkyl halides is 3. The summed E-state index contributed by atoms with van der Waals surface area (Å²) in [7, 11) is 0. The third-order valence-corrected chi connectivity index (χ3v) is 5.61. The molecule has 0 bridgehead atoms. The van der Waals surface area contributed by atoms with Gasteiger partial charge in [-0.2, -0.15) is 13.2 Å². The van der Waals surface area contributed by atoms with Gasteiger partial charge in [0.2, 0.25) is 0 Å². The Kier molecular flexibility index (Phi) is 6.48. The molecule has 1 saturated heterocycles. The highest BCUT2D eigenvalue weighted by Crippen LogP contribution is 2.31. The third kappa shape index (κ3) is 5.42. The van der Waals surface area contributed by atoms with Crippen LogP contribution in [0, 0.1) is 0 Å². The van der Waals surface area contributed by atoms with Gasteiger partial charge in [0.25, 0.3) is 5.91 Å². The second-order valence-electron chi connectivity index (χ2n) is 8.00. The largest absolute Gasteiger partial charge is 0.416 e. The molecular formula is C24H24F3N5O. The Morgan fingerprint density at radius 2 is 1.67 bits per heavy atom. The van der Waals surface area contributed by atoms with Crippen LogP contribution >= 0.6 is 0 Å². The fraction of sp³-hybridized carbons (Fsp3) is 0.292. The maximum atomic E-state index is 13.0. The number of benzene rings is 2. The molecule has 1 aliphatic heterocycles. The molecular weight excluding hydrogens is 431 g/mol. The van der Waals surface area contributed by atoms with Crippen LogP contribution in [-0.4, -0.2) is 29.0 Å². The summed E-state index contributed by atoms with van der Waals surface area (Å²) in [5, 5.41) is 2.71. The number of hydrogen-bond acceptors (Lipinski definition) is 5. The van der Waals surface area contributed by atoms with E-state index in [2.05, 4.69) is 20.2 Å². The van der Waals surface area contributed by atoms with Gasteiger partial charge in [-0.25, -0.2) is 9.97 Å². The van der Waals surface area contributed by atoms with E-state index in [4.69, 9.17) is 5.73 Å². The van der Waals surface area contributed by atoms with Crippen LogP contribution in [-0.2, 0) is 6.18 Å². The van der Waals surface area contributed by atoms with E-state index in [9.17, 15) is 18.0 Å². The van der Waals surface area contributed by atoms with Gasteiger partial charge in [-0.3, -0.25) is 4.79 Å². The van der Waals surface area contributed by atoms with E-state index in [1.165, 1.54) is 37.4 Å². The van der Waals surface area contributed by atoms with E-state index in [1.807, 2.05) is 6.07 Å². The smallest absolute Gasteiger partial charge is 0.398 e. The average Bonchev–Trinajstić information content (AvgIpc) is 3.09. The minimum atomic E-state index is -4.45. The van der Waals surface area contributed by atoms with Crippen LogP contribution in [0.3, 0.4) is 0 Å². The summed E-state index contributed by atoms with van der Waals surface area (Å²) in [6, 6.07) is 10.2. The number of rotatable bonds is 4. The van der Waals surface area contributed by atoms with Gasteiger partial charge in [-0.05, 0) is 43.2 Å². The minimum absolute atomic E-state index is 0.127. The molecule has 1 amide bonds. The van der Waals surface area contributed by atoms with Crippen molar-refractivity contribution in [1.29, 1.82) is 0 Å². The zero-order valence-corrected chi connectivity index (χ0v) is 17.9. The van der Waals surface area contributed by atoms with Crippen molar-refractivity contribution in [1.82, 2.24) is 9.97 Å². The highest BCUT2D eigenvalue weighted by atomic mass is 19.4. The van der Waals surface area contributed by atoms with Crippen LogP contribution in [0.5, 0.6) is 0 Å². The lowest BCUT2D eigenvalue weighted by molar-refractivity contribution is -0.137. The molecule has 3 aromatic rings. The van der Waals surface area contributed by atoms with Crippen LogP contribution in [0.1, 0.15) is 41.6 Å². The second-order valence-corrected chi connectivity index (χ2v) is 8.00. The summed E-state index contributed by atoms with van der Waals surface area (Å²) in [5.41, 5.74) is 7.47. The Labute approximate surface area is 189 Å². The highest BCUT2D eigenvalue weighted by Gasteiger charge is 2.30. The van der Waals surface area contributed by atoms with Gasteiger partial charge in [0.15, 0.2) is 5.82 Å². The zero-order chi connectivity index (χ0) is 23.4. The first-order chi connectivity index (χ1) is 15.8. The maximum absolute atomic E-state index is 13.0. The molecule has 2 aromatic carbocycles. The number of hydrogen-bond donors (Lipinski definition) is 2. The van der Waals surface area contributed by atoms with Gasteiger partial charge in [0.1, 0.15) is 0 Å². The summed E-state index contributed by atoms with van der Waals surface area (Å²) in [6.07, 6.45) is 2.89. The molecule has 0 radical (unpaired) electrons. The summed E-state index contributed by atoms with van der Waals surface area (Å²) in [5.74, 6) is -0.277. The van der Waals surface area contributed by atoms with Gasteiger partial charge in [-0.1, -0.05) is 25.0 Å². The fourth-order valence-electron chi connectivity index (χ4n) is 3.84. The van der Waals surface area contributed by atoms with E-state index in [1.54, 1.807) is 12.1 Å². The van der Waals surface area contributed by atoms with Gasteiger partial charge < -0.3 is 16.0 Å². The molecule has 172 valence electrons. The fourth-order valence-corrected chi connectivity index (χ4v) is 3.84. The molecule has 1 fully saturated rings. The summed E-state index contributed by atoms with van der Waals surface area (Å²) < 4.78 is 38.9. The number of nitrogens with zero attached hydrogens (tertiary/aromatic N) is 3. The van der Waals surface area contributed by atoms with Gasteiger partial charge in [-0.15, -0.1) is 0 Å². The molecule has 0 aliphatic carbocycles. The summed E-state index contributed by atoms with van der Waals surface area (Å²) >= 11 is 0. The predicted octanol–water partition coefficient (Wildman–Crippen LogP) is 5.38. The zero-order valence-electron chi connectivity index (χ0n) is 17.9. The number of carbonyl (C=O) groups is 1. The third-order valence-electron chi connectivity index (χ3n) is 5.61. The molecule has 3 N–H and O–H groups in total.